The molecule has 3 aromatic rings. The fraction of sp³-hybridized carbons (Fsp3) is 0.478. The van der Waals surface area contributed by atoms with E-state index in [-0.39, 0.29) is 17.7 Å². The summed E-state index contributed by atoms with van der Waals surface area (Å²) in [5.41, 5.74) is 7.08. The largest absolute Gasteiger partial charge is 0.493 e. The van der Waals surface area contributed by atoms with Crippen LogP contribution in [0, 0.1) is 5.92 Å². The summed E-state index contributed by atoms with van der Waals surface area (Å²) in [7, 11) is 0. The quantitative estimate of drug-likeness (QED) is 0.170. The summed E-state index contributed by atoms with van der Waals surface area (Å²) in [5, 5.41) is 30.6. The molecule has 0 amide bonds. The molecule has 5 N–H and O–H groups in total. The highest BCUT2D eigenvalue weighted by atomic mass is 32.2. The zero-order chi connectivity index (χ0) is 25.8. The second-order valence-electron chi connectivity index (χ2n) is 8.64. The van der Waals surface area contributed by atoms with E-state index < -0.39 is 31.1 Å². The molecule has 0 spiro atoms. The molecule has 3 heterocycles. The zero-order valence-electron chi connectivity index (χ0n) is 19.9. The molecule has 36 heavy (non-hydrogen) atoms. The molecule has 1 fully saturated rings. The topological polar surface area (TPSA) is 175 Å². The van der Waals surface area contributed by atoms with Crippen molar-refractivity contribution >= 4 is 34.7 Å². The number of esters is 1. The van der Waals surface area contributed by atoms with Gasteiger partial charge in [-0.2, -0.15) is 0 Å². The number of thioether (sulfide) groups is 1. The van der Waals surface area contributed by atoms with Gasteiger partial charge in [-0.1, -0.05) is 25.6 Å². The van der Waals surface area contributed by atoms with E-state index in [1.54, 1.807) is 28.8 Å². The van der Waals surface area contributed by atoms with Gasteiger partial charge in [-0.05, 0) is 30.2 Å². The number of aliphatic hydroxyl groups excluding tert-OH is 3. The number of nitrogens with zero attached hydrogens (tertiary/aromatic N) is 4. The molecule has 0 radical (unpaired) electrons. The Bertz CT molecular complexity index is 1190. The second kappa shape index (κ2) is 11.4. The van der Waals surface area contributed by atoms with Gasteiger partial charge in [0, 0.05) is 5.75 Å². The number of imidazole rings is 1. The van der Waals surface area contributed by atoms with Crippen LogP contribution < -0.4 is 10.5 Å². The van der Waals surface area contributed by atoms with Crippen LogP contribution in [0.25, 0.3) is 11.2 Å². The van der Waals surface area contributed by atoms with E-state index in [0.717, 1.165) is 0 Å². The fourth-order valence-corrected chi connectivity index (χ4v) is 4.47. The lowest BCUT2D eigenvalue weighted by molar-refractivity contribution is -0.0548. The van der Waals surface area contributed by atoms with Gasteiger partial charge in [0.05, 0.1) is 25.4 Å². The first kappa shape index (κ1) is 26.1. The van der Waals surface area contributed by atoms with Crippen molar-refractivity contribution in [1.82, 2.24) is 19.5 Å². The van der Waals surface area contributed by atoms with Crippen LogP contribution in [0.5, 0.6) is 5.75 Å². The molecule has 1 aliphatic heterocycles. The van der Waals surface area contributed by atoms with Gasteiger partial charge in [-0.3, -0.25) is 4.57 Å². The smallest absolute Gasteiger partial charge is 0.338 e. The predicted octanol–water partition coefficient (Wildman–Crippen LogP) is 1.00. The van der Waals surface area contributed by atoms with Crippen LogP contribution >= 0.6 is 11.8 Å². The fourth-order valence-electron chi connectivity index (χ4n) is 3.64. The predicted molar refractivity (Wildman–Crippen MR) is 131 cm³/mol. The van der Waals surface area contributed by atoms with E-state index in [9.17, 15) is 20.1 Å². The minimum Gasteiger partial charge on any atom is -0.493 e. The van der Waals surface area contributed by atoms with Gasteiger partial charge in [-0.25, -0.2) is 19.7 Å². The molecule has 0 saturated carbocycles. The van der Waals surface area contributed by atoms with Crippen molar-refractivity contribution in [2.45, 2.75) is 43.5 Å². The number of fused-ring (bicyclic) bond motifs is 1. The lowest BCUT2D eigenvalue weighted by atomic mass is 10.1. The Morgan fingerprint density at radius 2 is 1.97 bits per heavy atom. The van der Waals surface area contributed by atoms with E-state index in [4.69, 9.17) is 19.9 Å². The third-order valence-corrected chi connectivity index (χ3v) is 6.38. The number of ether oxygens (including phenoxy) is 3. The lowest BCUT2D eigenvalue weighted by Crippen LogP contribution is -2.33. The molecule has 0 unspecified atom stereocenters. The van der Waals surface area contributed by atoms with Crippen molar-refractivity contribution < 1.29 is 34.3 Å². The van der Waals surface area contributed by atoms with Crippen molar-refractivity contribution in [3.8, 4) is 5.75 Å². The van der Waals surface area contributed by atoms with Gasteiger partial charge >= 0.3 is 5.97 Å². The number of anilines is 1. The Morgan fingerprint density at radius 3 is 2.64 bits per heavy atom. The number of hydrogen-bond donors (Lipinski definition) is 4. The molecule has 194 valence electrons. The Balaban J connectivity index is 1.42. The maximum atomic E-state index is 12.0. The molecule has 13 heteroatoms. The summed E-state index contributed by atoms with van der Waals surface area (Å²) in [6.07, 6.45) is -3.28. The van der Waals surface area contributed by atoms with E-state index in [1.165, 1.54) is 18.1 Å². The van der Waals surface area contributed by atoms with Crippen molar-refractivity contribution in [3.63, 3.8) is 0 Å². The number of hydrogen-bond acceptors (Lipinski definition) is 12. The summed E-state index contributed by atoms with van der Waals surface area (Å²) in [6.45, 7) is 4.15. The third-order valence-electron chi connectivity index (χ3n) is 5.47. The highest BCUT2D eigenvalue weighted by Crippen LogP contribution is 2.36. The van der Waals surface area contributed by atoms with Gasteiger partial charge in [0.2, 0.25) is 0 Å². The van der Waals surface area contributed by atoms with Crippen LogP contribution in [-0.2, 0) is 9.47 Å². The first-order chi connectivity index (χ1) is 17.3. The first-order valence-electron chi connectivity index (χ1n) is 11.4. The first-order valence-corrected chi connectivity index (χ1v) is 12.4. The van der Waals surface area contributed by atoms with E-state index in [2.05, 4.69) is 15.0 Å². The van der Waals surface area contributed by atoms with E-state index >= 15 is 0 Å². The maximum absolute atomic E-state index is 12.0. The van der Waals surface area contributed by atoms with Crippen LogP contribution in [0.2, 0.25) is 0 Å². The summed E-state index contributed by atoms with van der Waals surface area (Å²) in [4.78, 5) is 24.7. The number of carbonyl (C=O) groups is 1. The number of aliphatic hydroxyl groups is 3. The summed E-state index contributed by atoms with van der Waals surface area (Å²) in [6, 6.07) is 6.68. The Morgan fingerprint density at radius 1 is 1.22 bits per heavy atom. The summed E-state index contributed by atoms with van der Waals surface area (Å²) < 4.78 is 18.2. The molecule has 0 aliphatic carbocycles. The van der Waals surface area contributed by atoms with Gasteiger partial charge < -0.3 is 35.3 Å². The molecule has 1 aromatic carbocycles. The number of aromatic nitrogens is 4. The highest BCUT2D eigenvalue weighted by molar-refractivity contribution is 7.99. The Hall–Kier alpha value is -2.97. The van der Waals surface area contributed by atoms with Crippen LogP contribution in [-0.4, -0.2) is 84.7 Å². The third kappa shape index (κ3) is 5.55. The highest BCUT2D eigenvalue weighted by Gasteiger charge is 2.45. The summed E-state index contributed by atoms with van der Waals surface area (Å²) >= 11 is 1.31. The number of carbonyl (C=O) groups excluding carboxylic acids is 1. The number of nitrogen functional groups attached to an aromatic ring is 1. The Kier molecular flexibility index (Phi) is 8.26. The van der Waals surface area contributed by atoms with E-state index in [0.29, 0.717) is 46.6 Å². The minimum atomic E-state index is -1.31. The van der Waals surface area contributed by atoms with Crippen molar-refractivity contribution in [1.29, 1.82) is 0 Å². The van der Waals surface area contributed by atoms with Gasteiger partial charge in [0.1, 0.15) is 30.4 Å². The molecule has 4 rings (SSSR count). The van der Waals surface area contributed by atoms with Gasteiger partial charge in [0.25, 0.3) is 0 Å². The van der Waals surface area contributed by atoms with Crippen LogP contribution in [0.1, 0.15) is 30.4 Å². The van der Waals surface area contributed by atoms with E-state index in [1.807, 2.05) is 13.8 Å². The van der Waals surface area contributed by atoms with Crippen molar-refractivity contribution in [2.24, 2.45) is 5.92 Å². The molecule has 0 bridgehead atoms. The Labute approximate surface area is 211 Å². The molecule has 12 nitrogen and oxygen atoms in total. The molecule has 4 atom stereocenters. The molecule has 2 aromatic heterocycles. The standard InChI is InChI=1S/C23H29N5O7S/c1-12(2)10-34-22(32)13-3-5-14(6-4-13)33-7-8-36-23-27-16-19(24)25-11-26-20(16)28(23)21-18(31)17(30)15(9-29)35-21/h3-6,11-12,15,17-18,21,29-31H,7-10H2,1-2H3,(H2,24,25,26)/t15-,17-,18-,21-/m1/s1. The normalized spacial score (nSPS) is 21.8. The molecular weight excluding hydrogens is 490 g/mol. The lowest BCUT2D eigenvalue weighted by Gasteiger charge is -2.19. The summed E-state index contributed by atoms with van der Waals surface area (Å²) in [5.74, 6) is 1.09. The minimum absolute atomic E-state index is 0.163. The SMILES string of the molecule is CC(C)COC(=O)c1ccc(OCCSc2nc3c(N)ncnc3n2[C@@H]2O[C@H](CO)[C@@H](O)[C@H]2O)cc1. The average Bonchev–Trinajstić information content (AvgIpc) is 3.38. The van der Waals surface area contributed by atoms with Crippen molar-refractivity contribution in [3.05, 3.63) is 36.2 Å². The zero-order valence-corrected chi connectivity index (χ0v) is 20.7. The van der Waals surface area contributed by atoms with Gasteiger partial charge in [0.15, 0.2) is 28.4 Å². The van der Waals surface area contributed by atoms with Gasteiger partial charge in [-0.15, -0.1) is 0 Å². The van der Waals surface area contributed by atoms with Crippen molar-refractivity contribution in [2.75, 3.05) is 31.3 Å². The number of nitrogens with two attached hydrogens (primary N) is 1. The number of rotatable bonds is 10. The van der Waals surface area contributed by atoms with Crippen LogP contribution in [0.15, 0.2) is 35.7 Å². The van der Waals surface area contributed by atoms with Crippen LogP contribution in [0.3, 0.4) is 0 Å². The average molecular weight is 520 g/mol. The monoisotopic (exact) mass is 519 g/mol. The maximum Gasteiger partial charge on any atom is 0.338 e. The molecular formula is C23H29N5O7S. The number of benzene rings is 1. The molecule has 1 aliphatic rings. The second-order valence-corrected chi connectivity index (χ2v) is 9.70. The molecule has 1 saturated heterocycles. The van der Waals surface area contributed by atoms with Crippen LogP contribution in [0.4, 0.5) is 5.82 Å².